The summed E-state index contributed by atoms with van der Waals surface area (Å²) in [7, 11) is 1.72. The normalized spacial score (nSPS) is 15.9. The summed E-state index contributed by atoms with van der Waals surface area (Å²) in [5, 5.41) is 10.6. The lowest BCUT2D eigenvalue weighted by atomic mass is 9.97. The van der Waals surface area contributed by atoms with Gasteiger partial charge in [0.1, 0.15) is 0 Å². The number of hydrogen-bond donors (Lipinski definition) is 2. The number of guanidine groups is 1. The van der Waals surface area contributed by atoms with E-state index in [4.69, 9.17) is 9.26 Å². The van der Waals surface area contributed by atoms with Gasteiger partial charge in [-0.2, -0.15) is 4.98 Å². The van der Waals surface area contributed by atoms with Crippen LogP contribution in [-0.4, -0.2) is 59.9 Å². The third kappa shape index (κ3) is 7.15. The van der Waals surface area contributed by atoms with Gasteiger partial charge in [0.15, 0.2) is 11.8 Å². The second-order valence-corrected chi connectivity index (χ2v) is 7.30. The Morgan fingerprint density at radius 3 is 2.56 bits per heavy atom. The van der Waals surface area contributed by atoms with Crippen molar-refractivity contribution in [1.29, 1.82) is 0 Å². The number of aromatic nitrogens is 2. The first-order valence-electron chi connectivity index (χ1n) is 9.05. The maximum Gasteiger partial charge on any atom is 0.409 e. The molecule has 10 heteroatoms. The zero-order chi connectivity index (χ0) is 19.2. The molecule has 2 heterocycles. The maximum atomic E-state index is 11.7. The molecule has 0 bridgehead atoms. The van der Waals surface area contributed by atoms with Crippen LogP contribution >= 0.6 is 24.0 Å². The predicted molar refractivity (Wildman–Crippen MR) is 113 cm³/mol. The zero-order valence-corrected chi connectivity index (χ0v) is 19.1. The minimum absolute atomic E-state index is 0. The van der Waals surface area contributed by atoms with E-state index in [0.717, 1.165) is 12.8 Å². The fraction of sp³-hybridized carbons (Fsp3) is 0.765. The molecular formula is C17H31IN6O3. The van der Waals surface area contributed by atoms with Crippen molar-refractivity contribution >= 4 is 36.0 Å². The van der Waals surface area contributed by atoms with Gasteiger partial charge in [0.2, 0.25) is 5.89 Å². The van der Waals surface area contributed by atoms with Crippen molar-refractivity contribution in [2.45, 2.75) is 58.5 Å². The van der Waals surface area contributed by atoms with Crippen LogP contribution in [-0.2, 0) is 16.7 Å². The van der Waals surface area contributed by atoms with Gasteiger partial charge >= 0.3 is 6.09 Å². The Labute approximate surface area is 177 Å². The number of halogens is 1. The van der Waals surface area contributed by atoms with Gasteiger partial charge in [-0.25, -0.2) is 4.79 Å². The minimum Gasteiger partial charge on any atom is -0.450 e. The molecule has 1 amide bonds. The highest BCUT2D eigenvalue weighted by atomic mass is 127. The Morgan fingerprint density at radius 1 is 1.37 bits per heavy atom. The summed E-state index contributed by atoms with van der Waals surface area (Å²) in [4.78, 5) is 22.1. The molecule has 0 atom stereocenters. The molecule has 0 aromatic carbocycles. The molecule has 2 rings (SSSR count). The van der Waals surface area contributed by atoms with Crippen LogP contribution in [0.3, 0.4) is 0 Å². The molecule has 1 aromatic heterocycles. The predicted octanol–water partition coefficient (Wildman–Crippen LogP) is 2.27. The van der Waals surface area contributed by atoms with E-state index in [2.05, 4.69) is 25.8 Å². The topological polar surface area (TPSA) is 105 Å². The first-order valence-corrected chi connectivity index (χ1v) is 9.05. The van der Waals surface area contributed by atoms with Gasteiger partial charge < -0.3 is 24.8 Å². The summed E-state index contributed by atoms with van der Waals surface area (Å²) in [6.45, 7) is 10.1. The number of nitrogens with zero attached hydrogens (tertiary/aromatic N) is 4. The molecule has 27 heavy (non-hydrogen) atoms. The van der Waals surface area contributed by atoms with E-state index in [1.165, 1.54) is 0 Å². The number of carbonyl (C=O) groups is 1. The van der Waals surface area contributed by atoms with Crippen molar-refractivity contribution in [3.63, 3.8) is 0 Å². The number of likely N-dealkylation sites (tertiary alicyclic amines) is 1. The monoisotopic (exact) mass is 494 g/mol. The average molecular weight is 494 g/mol. The lowest BCUT2D eigenvalue weighted by Gasteiger charge is -2.32. The minimum atomic E-state index is -0.236. The SMILES string of the molecule is CCOC(=O)N1CCC(NC(=NC)NCc2noc(C(C)(C)C)n2)CC1.I. The Hall–Kier alpha value is -1.59. The van der Waals surface area contributed by atoms with Gasteiger partial charge in [-0.15, -0.1) is 24.0 Å². The molecule has 154 valence electrons. The number of ether oxygens (including phenoxy) is 1. The van der Waals surface area contributed by atoms with Gasteiger partial charge in [0.25, 0.3) is 0 Å². The highest BCUT2D eigenvalue weighted by Gasteiger charge is 2.24. The lowest BCUT2D eigenvalue weighted by Crippen LogP contribution is -2.49. The molecule has 1 aliphatic rings. The number of hydrogen-bond acceptors (Lipinski definition) is 6. The average Bonchev–Trinajstić information content (AvgIpc) is 3.08. The molecular weight excluding hydrogens is 463 g/mol. The fourth-order valence-corrected chi connectivity index (χ4v) is 2.60. The standard InChI is InChI=1S/C17H30N6O3.HI/c1-6-25-16(24)23-9-7-12(8-10-23)20-15(18-5)19-11-13-21-14(26-22-13)17(2,3)4;/h12H,6-11H2,1-5H3,(H2,18,19,20);1H. The van der Waals surface area contributed by atoms with Crippen LogP contribution in [0.2, 0.25) is 0 Å². The second-order valence-electron chi connectivity index (χ2n) is 7.30. The van der Waals surface area contributed by atoms with Crippen LogP contribution in [0.5, 0.6) is 0 Å². The van der Waals surface area contributed by atoms with Crippen molar-refractivity contribution in [3.8, 4) is 0 Å². The zero-order valence-electron chi connectivity index (χ0n) is 16.7. The van der Waals surface area contributed by atoms with Crippen molar-refractivity contribution in [3.05, 3.63) is 11.7 Å². The molecule has 1 aromatic rings. The number of carbonyl (C=O) groups excluding carboxylic acids is 1. The summed E-state index contributed by atoms with van der Waals surface area (Å²) in [6, 6.07) is 0.252. The first kappa shape index (κ1) is 23.4. The number of piperidine rings is 1. The summed E-state index contributed by atoms with van der Waals surface area (Å²) >= 11 is 0. The summed E-state index contributed by atoms with van der Waals surface area (Å²) < 4.78 is 10.3. The van der Waals surface area contributed by atoms with E-state index in [-0.39, 0.29) is 41.5 Å². The molecule has 0 saturated carbocycles. The summed E-state index contributed by atoms with van der Waals surface area (Å²) in [5.74, 6) is 1.89. The van der Waals surface area contributed by atoms with E-state index in [9.17, 15) is 4.79 Å². The molecule has 0 unspecified atom stereocenters. The molecule has 1 fully saturated rings. The van der Waals surface area contributed by atoms with E-state index >= 15 is 0 Å². The van der Waals surface area contributed by atoms with Crippen LogP contribution in [0.25, 0.3) is 0 Å². The Kier molecular flexibility index (Phi) is 9.27. The van der Waals surface area contributed by atoms with Gasteiger partial charge in [-0.05, 0) is 19.8 Å². The van der Waals surface area contributed by atoms with Gasteiger partial charge in [-0.3, -0.25) is 4.99 Å². The van der Waals surface area contributed by atoms with Crippen LogP contribution in [0.4, 0.5) is 4.79 Å². The van der Waals surface area contributed by atoms with E-state index in [1.807, 2.05) is 27.7 Å². The number of amides is 1. The quantitative estimate of drug-likeness (QED) is 0.376. The Balaban J connectivity index is 0.00000364. The van der Waals surface area contributed by atoms with Crippen LogP contribution < -0.4 is 10.6 Å². The largest absolute Gasteiger partial charge is 0.450 e. The van der Waals surface area contributed by atoms with E-state index in [0.29, 0.717) is 43.9 Å². The molecule has 9 nitrogen and oxygen atoms in total. The first-order chi connectivity index (χ1) is 12.3. The van der Waals surface area contributed by atoms with Gasteiger partial charge in [0.05, 0.1) is 13.2 Å². The summed E-state index contributed by atoms with van der Waals surface area (Å²) in [6.07, 6.45) is 1.45. The molecule has 2 N–H and O–H groups in total. The van der Waals surface area contributed by atoms with E-state index < -0.39 is 0 Å². The van der Waals surface area contributed by atoms with Crippen LogP contribution in [0.15, 0.2) is 9.52 Å². The van der Waals surface area contributed by atoms with Gasteiger partial charge in [0, 0.05) is 31.6 Å². The molecule has 1 saturated heterocycles. The third-order valence-corrected chi connectivity index (χ3v) is 4.11. The Bertz CT molecular complexity index is 620. The fourth-order valence-electron chi connectivity index (χ4n) is 2.60. The third-order valence-electron chi connectivity index (χ3n) is 4.11. The van der Waals surface area contributed by atoms with E-state index in [1.54, 1.807) is 11.9 Å². The summed E-state index contributed by atoms with van der Waals surface area (Å²) in [5.41, 5.74) is -0.169. The molecule has 1 aliphatic heterocycles. The smallest absolute Gasteiger partial charge is 0.409 e. The molecule has 0 aliphatic carbocycles. The maximum absolute atomic E-state index is 11.7. The van der Waals surface area contributed by atoms with Gasteiger partial charge in [-0.1, -0.05) is 25.9 Å². The number of aliphatic imine (C=N–C) groups is 1. The van der Waals surface area contributed by atoms with Crippen LogP contribution in [0.1, 0.15) is 52.3 Å². The lowest BCUT2D eigenvalue weighted by molar-refractivity contribution is 0.0963. The van der Waals surface area contributed by atoms with Crippen molar-refractivity contribution in [2.75, 3.05) is 26.7 Å². The van der Waals surface area contributed by atoms with Crippen LogP contribution in [0, 0.1) is 0 Å². The van der Waals surface area contributed by atoms with Crippen molar-refractivity contribution < 1.29 is 14.1 Å². The highest BCUT2D eigenvalue weighted by molar-refractivity contribution is 14.0. The van der Waals surface area contributed by atoms with Crippen molar-refractivity contribution in [1.82, 2.24) is 25.7 Å². The molecule has 0 radical (unpaired) electrons. The number of rotatable bonds is 4. The Morgan fingerprint density at radius 2 is 2.04 bits per heavy atom. The second kappa shape index (κ2) is 10.7. The number of nitrogens with one attached hydrogen (secondary N) is 2. The van der Waals surface area contributed by atoms with Crippen molar-refractivity contribution in [2.24, 2.45) is 4.99 Å². The highest BCUT2D eigenvalue weighted by Crippen LogP contribution is 2.19. The molecule has 0 spiro atoms.